The van der Waals surface area contributed by atoms with Crippen LogP contribution in [0.1, 0.15) is 19.3 Å². The van der Waals surface area contributed by atoms with Crippen LogP contribution in [-0.2, 0) is 4.79 Å². The number of hydrogen-bond acceptors (Lipinski definition) is 2. The summed E-state index contributed by atoms with van der Waals surface area (Å²) >= 11 is 1.26. The molecule has 0 amide bonds. The van der Waals surface area contributed by atoms with E-state index < -0.39 is 0 Å². The summed E-state index contributed by atoms with van der Waals surface area (Å²) in [5, 5.41) is 0.0688. The molecule has 0 aliphatic heterocycles. The second kappa shape index (κ2) is 5.17. The number of thioether (sulfide) groups is 1. The monoisotopic (exact) mass is 230 g/mol. The molecule has 0 unspecified atom stereocenters. The summed E-state index contributed by atoms with van der Waals surface area (Å²) in [5.74, 6) is 0. The van der Waals surface area contributed by atoms with Crippen molar-refractivity contribution in [1.29, 1.82) is 0 Å². The van der Waals surface area contributed by atoms with E-state index >= 15 is 0 Å². The third kappa shape index (κ3) is 2.64. The maximum absolute atomic E-state index is 11.9. The highest BCUT2D eigenvalue weighted by Crippen LogP contribution is 2.29. The minimum atomic E-state index is 0.0688. The van der Waals surface area contributed by atoms with Gasteiger partial charge in [0.2, 0.25) is 5.12 Å². The molecule has 82 valence electrons. The molecule has 0 atom stereocenters. The molecule has 0 spiro atoms. The van der Waals surface area contributed by atoms with E-state index in [1.165, 1.54) is 11.8 Å². The average Bonchev–Trinajstić information content (AvgIpc) is 2.83. The zero-order valence-electron chi connectivity index (χ0n) is 9.11. The lowest BCUT2D eigenvalue weighted by atomic mass is 10.1. The molecular weight excluding hydrogens is 216 g/mol. The standard InChI is InChI=1S/C14H14OS/c1-11(12-7-5-6-8-12)14(15)16-13-9-3-2-4-10-13/h2-4,7,9-10H,1,5-6,8H2. The van der Waals surface area contributed by atoms with E-state index in [0.29, 0.717) is 5.57 Å². The van der Waals surface area contributed by atoms with Gasteiger partial charge in [-0.05, 0) is 48.7 Å². The molecular formula is C14H14OS. The zero-order valence-corrected chi connectivity index (χ0v) is 9.93. The van der Waals surface area contributed by atoms with Crippen molar-refractivity contribution in [2.24, 2.45) is 0 Å². The Morgan fingerprint density at radius 3 is 2.62 bits per heavy atom. The fraction of sp³-hybridized carbons (Fsp3) is 0.214. The van der Waals surface area contributed by atoms with Crippen molar-refractivity contribution in [1.82, 2.24) is 0 Å². The fourth-order valence-corrected chi connectivity index (χ4v) is 2.49. The Morgan fingerprint density at radius 1 is 1.25 bits per heavy atom. The fourth-order valence-electron chi connectivity index (χ4n) is 1.73. The average molecular weight is 230 g/mol. The van der Waals surface area contributed by atoms with E-state index in [-0.39, 0.29) is 5.12 Å². The van der Waals surface area contributed by atoms with Crippen molar-refractivity contribution < 1.29 is 4.79 Å². The number of rotatable bonds is 3. The van der Waals surface area contributed by atoms with Gasteiger partial charge in [0.25, 0.3) is 0 Å². The Morgan fingerprint density at radius 2 is 2.00 bits per heavy atom. The van der Waals surface area contributed by atoms with Crippen LogP contribution in [0.3, 0.4) is 0 Å². The first-order chi connectivity index (χ1) is 7.77. The van der Waals surface area contributed by atoms with E-state index in [1.807, 2.05) is 30.3 Å². The van der Waals surface area contributed by atoms with Crippen LogP contribution in [0.25, 0.3) is 0 Å². The molecule has 1 aromatic carbocycles. The highest BCUT2D eigenvalue weighted by atomic mass is 32.2. The molecule has 1 aliphatic rings. The number of hydrogen-bond donors (Lipinski definition) is 0. The Labute approximate surface area is 100 Å². The third-order valence-corrected chi connectivity index (χ3v) is 3.57. The van der Waals surface area contributed by atoms with Gasteiger partial charge in [0.1, 0.15) is 0 Å². The van der Waals surface area contributed by atoms with E-state index in [9.17, 15) is 4.79 Å². The summed E-state index contributed by atoms with van der Waals surface area (Å²) in [5.41, 5.74) is 1.81. The molecule has 0 N–H and O–H groups in total. The van der Waals surface area contributed by atoms with Crippen molar-refractivity contribution in [2.75, 3.05) is 0 Å². The van der Waals surface area contributed by atoms with Crippen molar-refractivity contribution in [3.8, 4) is 0 Å². The SMILES string of the molecule is C=C(C(=O)Sc1ccccc1)C1=CCCC1. The largest absolute Gasteiger partial charge is 0.281 e. The van der Waals surface area contributed by atoms with Crippen LogP contribution in [0, 0.1) is 0 Å². The molecule has 16 heavy (non-hydrogen) atoms. The van der Waals surface area contributed by atoms with E-state index in [1.54, 1.807) is 0 Å². The lowest BCUT2D eigenvalue weighted by molar-refractivity contribution is -0.107. The number of allylic oxidation sites excluding steroid dienone is 2. The maximum atomic E-state index is 11.9. The first kappa shape index (κ1) is 11.2. The smallest absolute Gasteiger partial charge is 0.223 e. The number of benzene rings is 1. The molecule has 0 aromatic heterocycles. The molecule has 2 heteroatoms. The second-order valence-electron chi connectivity index (χ2n) is 3.80. The zero-order chi connectivity index (χ0) is 11.4. The van der Waals surface area contributed by atoms with Crippen molar-refractivity contribution in [3.63, 3.8) is 0 Å². The molecule has 2 rings (SSSR count). The summed E-state index contributed by atoms with van der Waals surface area (Å²) in [7, 11) is 0. The third-order valence-electron chi connectivity index (χ3n) is 2.63. The van der Waals surface area contributed by atoms with Gasteiger partial charge in [-0.25, -0.2) is 0 Å². The topological polar surface area (TPSA) is 17.1 Å². The summed E-state index contributed by atoms with van der Waals surface area (Å²) < 4.78 is 0. The predicted octanol–water partition coefficient (Wildman–Crippen LogP) is 3.97. The first-order valence-electron chi connectivity index (χ1n) is 5.43. The lowest BCUT2D eigenvalue weighted by Gasteiger charge is -2.05. The Bertz CT molecular complexity index is 431. The molecule has 1 aromatic rings. The molecule has 1 nitrogen and oxygen atoms in total. The maximum Gasteiger partial charge on any atom is 0.223 e. The van der Waals surface area contributed by atoms with Crippen molar-refractivity contribution >= 4 is 16.9 Å². The number of carbonyl (C=O) groups excluding carboxylic acids is 1. The van der Waals surface area contributed by atoms with Gasteiger partial charge in [-0.2, -0.15) is 0 Å². The molecule has 0 saturated carbocycles. The van der Waals surface area contributed by atoms with Crippen molar-refractivity contribution in [2.45, 2.75) is 24.2 Å². The van der Waals surface area contributed by atoms with E-state index in [0.717, 1.165) is 29.7 Å². The highest BCUT2D eigenvalue weighted by molar-refractivity contribution is 8.14. The van der Waals surface area contributed by atoms with Gasteiger partial charge >= 0.3 is 0 Å². The van der Waals surface area contributed by atoms with Crippen LogP contribution in [0.2, 0.25) is 0 Å². The predicted molar refractivity (Wildman–Crippen MR) is 68.4 cm³/mol. The molecule has 0 bridgehead atoms. The van der Waals surface area contributed by atoms with Crippen LogP contribution >= 0.6 is 11.8 Å². The second-order valence-corrected chi connectivity index (χ2v) is 4.85. The van der Waals surface area contributed by atoms with E-state index in [4.69, 9.17) is 0 Å². The van der Waals surface area contributed by atoms with Gasteiger partial charge in [-0.3, -0.25) is 4.79 Å². The van der Waals surface area contributed by atoms with E-state index in [2.05, 4.69) is 12.7 Å². The molecule has 0 heterocycles. The first-order valence-corrected chi connectivity index (χ1v) is 6.24. The van der Waals surface area contributed by atoms with Gasteiger partial charge in [-0.15, -0.1) is 0 Å². The van der Waals surface area contributed by atoms with Gasteiger partial charge in [0.05, 0.1) is 0 Å². The summed E-state index contributed by atoms with van der Waals surface area (Å²) in [4.78, 5) is 12.9. The molecule has 0 radical (unpaired) electrons. The van der Waals surface area contributed by atoms with Crippen LogP contribution < -0.4 is 0 Å². The summed E-state index contributed by atoms with van der Waals surface area (Å²) in [6.45, 7) is 3.89. The lowest BCUT2D eigenvalue weighted by Crippen LogP contribution is -1.97. The van der Waals surface area contributed by atoms with Crippen molar-refractivity contribution in [3.05, 3.63) is 54.1 Å². The molecule has 0 fully saturated rings. The van der Waals surface area contributed by atoms with Gasteiger partial charge in [0.15, 0.2) is 0 Å². The summed E-state index contributed by atoms with van der Waals surface area (Å²) in [6.07, 6.45) is 5.36. The molecule has 0 saturated heterocycles. The molecule has 1 aliphatic carbocycles. The Hall–Kier alpha value is -1.28. The van der Waals surface area contributed by atoms with Gasteiger partial charge in [0, 0.05) is 10.5 Å². The van der Waals surface area contributed by atoms with Gasteiger partial charge in [-0.1, -0.05) is 30.9 Å². The van der Waals surface area contributed by atoms with Crippen LogP contribution in [0.15, 0.2) is 59.0 Å². The minimum Gasteiger partial charge on any atom is -0.281 e. The van der Waals surface area contributed by atoms with Gasteiger partial charge < -0.3 is 0 Å². The summed E-state index contributed by atoms with van der Waals surface area (Å²) in [6, 6.07) is 9.71. The number of carbonyl (C=O) groups is 1. The van der Waals surface area contributed by atoms with Crippen LogP contribution in [0.5, 0.6) is 0 Å². The van der Waals surface area contributed by atoms with Crippen LogP contribution in [-0.4, -0.2) is 5.12 Å². The Balaban J connectivity index is 2.01. The normalized spacial score (nSPS) is 14.6. The van der Waals surface area contributed by atoms with Crippen LogP contribution in [0.4, 0.5) is 0 Å². The highest BCUT2D eigenvalue weighted by Gasteiger charge is 2.15. The quantitative estimate of drug-likeness (QED) is 0.577. The minimum absolute atomic E-state index is 0.0688. The Kier molecular flexibility index (Phi) is 3.62.